The number of carbonyl (C=O) groups excluding carboxylic acids is 1. The Balaban J connectivity index is 0.00000567. The van der Waals surface area contributed by atoms with Gasteiger partial charge in [-0.15, -0.1) is 12.4 Å². The molecule has 1 amide bonds. The summed E-state index contributed by atoms with van der Waals surface area (Å²) in [6.07, 6.45) is 6.17. The van der Waals surface area contributed by atoms with E-state index in [4.69, 9.17) is 25.8 Å². The first-order valence-electron chi connectivity index (χ1n) is 19.3. The average Bonchev–Trinajstić information content (AvgIpc) is 3.21. The summed E-state index contributed by atoms with van der Waals surface area (Å²) in [6.45, 7) is 6.35. The van der Waals surface area contributed by atoms with Crippen molar-refractivity contribution in [1.82, 2.24) is 14.8 Å². The highest BCUT2D eigenvalue weighted by molar-refractivity contribution is 6.32. The van der Waals surface area contributed by atoms with Crippen LogP contribution in [0.1, 0.15) is 57.3 Å². The van der Waals surface area contributed by atoms with E-state index in [9.17, 15) is 18.0 Å². The summed E-state index contributed by atoms with van der Waals surface area (Å²) in [5.74, 6) is 2.08. The van der Waals surface area contributed by atoms with Gasteiger partial charge in [0.05, 0.1) is 23.4 Å². The van der Waals surface area contributed by atoms with E-state index in [2.05, 4.69) is 52.3 Å². The molecule has 1 saturated heterocycles. The number of fused-ring (bicyclic) bond motifs is 1. The standard InChI is InChI=1S/C46H45ClF3N3O4.ClH/c1-32-26-36(27-42(47)45(32)57-43-18-17-41(29-51-43)56-31-35-10-14-39(15-11-35)46(48,49)50)12-19-44(54)53-23-21-52(22-24-53)30-34-8-6-33(7-9-34)20-25-55-40-16-13-37-4-2-3-5-38(37)28-40;/h6-19,26-29H,2-5,20-25,30-31H2,1H3;1H. The van der Waals surface area contributed by atoms with E-state index in [0.29, 0.717) is 47.7 Å². The molecule has 4 aromatic carbocycles. The summed E-state index contributed by atoms with van der Waals surface area (Å²) in [5.41, 5.74) is 6.84. The number of ether oxygens (including phenoxy) is 3. The summed E-state index contributed by atoms with van der Waals surface area (Å²) >= 11 is 6.60. The Bertz CT molecular complexity index is 2150. The number of nitrogens with zero attached hydrogens (tertiary/aromatic N) is 3. The highest BCUT2D eigenvalue weighted by atomic mass is 35.5. The minimum atomic E-state index is -4.39. The Labute approximate surface area is 348 Å². The number of piperazine rings is 1. The second-order valence-corrected chi connectivity index (χ2v) is 15.0. The molecule has 1 aromatic heterocycles. The Morgan fingerprint density at radius 1 is 0.810 bits per heavy atom. The molecule has 2 heterocycles. The van der Waals surface area contributed by atoms with Gasteiger partial charge in [0.15, 0.2) is 5.75 Å². The topological polar surface area (TPSA) is 64.1 Å². The molecule has 0 N–H and O–H groups in total. The monoisotopic (exact) mass is 831 g/mol. The van der Waals surface area contributed by atoms with Crippen molar-refractivity contribution in [3.8, 4) is 23.1 Å². The van der Waals surface area contributed by atoms with Crippen molar-refractivity contribution in [2.24, 2.45) is 0 Å². The SMILES string of the molecule is Cc1cc(C=CC(=O)N2CCN(Cc3ccc(CCOc4ccc5c(c4)CCCC5)cc3)CC2)cc(Cl)c1Oc1ccc(OCc2ccc(C(F)(F)F)cc2)cn1.Cl. The van der Waals surface area contributed by atoms with Gasteiger partial charge in [0.1, 0.15) is 18.1 Å². The van der Waals surface area contributed by atoms with Crippen LogP contribution < -0.4 is 14.2 Å². The molecule has 12 heteroatoms. The van der Waals surface area contributed by atoms with Crippen molar-refractivity contribution in [2.45, 2.75) is 58.4 Å². The lowest BCUT2D eigenvalue weighted by atomic mass is 9.92. The first kappa shape index (κ1) is 42.6. The molecule has 7 nitrogen and oxygen atoms in total. The second-order valence-electron chi connectivity index (χ2n) is 14.6. The van der Waals surface area contributed by atoms with Crippen molar-refractivity contribution in [3.05, 3.63) is 153 Å². The summed E-state index contributed by atoms with van der Waals surface area (Å²) in [4.78, 5) is 21.6. The van der Waals surface area contributed by atoms with Crippen LogP contribution in [-0.2, 0) is 43.4 Å². The number of alkyl halides is 3. The minimum Gasteiger partial charge on any atom is -0.493 e. The van der Waals surface area contributed by atoms with Crippen molar-refractivity contribution >= 4 is 36.0 Å². The maximum atomic E-state index is 13.1. The molecule has 1 fully saturated rings. The Morgan fingerprint density at radius 3 is 2.19 bits per heavy atom. The van der Waals surface area contributed by atoms with E-state index < -0.39 is 11.7 Å². The third kappa shape index (κ3) is 11.6. The van der Waals surface area contributed by atoms with E-state index in [-0.39, 0.29) is 24.9 Å². The third-order valence-corrected chi connectivity index (χ3v) is 10.6. The lowest BCUT2D eigenvalue weighted by Gasteiger charge is -2.34. The van der Waals surface area contributed by atoms with Crippen molar-refractivity contribution in [3.63, 3.8) is 0 Å². The zero-order chi connectivity index (χ0) is 39.8. The van der Waals surface area contributed by atoms with Crippen molar-refractivity contribution in [2.75, 3.05) is 32.8 Å². The average molecular weight is 833 g/mol. The van der Waals surface area contributed by atoms with Crippen LogP contribution in [0.5, 0.6) is 23.1 Å². The molecule has 304 valence electrons. The summed E-state index contributed by atoms with van der Waals surface area (Å²) < 4.78 is 56.2. The fourth-order valence-corrected chi connectivity index (χ4v) is 7.43. The van der Waals surface area contributed by atoms with E-state index >= 15 is 0 Å². The number of amides is 1. The first-order chi connectivity index (χ1) is 27.6. The molecule has 7 rings (SSSR count). The zero-order valence-corrected chi connectivity index (χ0v) is 33.8. The van der Waals surface area contributed by atoms with Gasteiger partial charge < -0.3 is 19.1 Å². The number of aryl methyl sites for hydroxylation is 3. The van der Waals surface area contributed by atoms with Gasteiger partial charge in [0.2, 0.25) is 11.8 Å². The molecule has 1 aliphatic heterocycles. The summed E-state index contributed by atoms with van der Waals surface area (Å²) in [6, 6.07) is 27.0. The molecule has 2 aliphatic rings. The fourth-order valence-electron chi connectivity index (χ4n) is 7.11. The number of aromatic nitrogens is 1. The zero-order valence-electron chi connectivity index (χ0n) is 32.3. The maximum absolute atomic E-state index is 13.1. The molecular formula is C46H46Cl2F3N3O4. The lowest BCUT2D eigenvalue weighted by Crippen LogP contribution is -2.47. The Kier molecular flexibility index (Phi) is 14.4. The maximum Gasteiger partial charge on any atom is 0.416 e. The molecule has 0 radical (unpaired) electrons. The molecule has 1 aliphatic carbocycles. The lowest BCUT2D eigenvalue weighted by molar-refractivity contribution is -0.137. The molecule has 0 bridgehead atoms. The molecular weight excluding hydrogens is 786 g/mol. The third-order valence-electron chi connectivity index (χ3n) is 10.4. The van der Waals surface area contributed by atoms with Crippen LogP contribution in [-0.4, -0.2) is 53.5 Å². The van der Waals surface area contributed by atoms with Gasteiger partial charge in [-0.05, 0) is 120 Å². The second kappa shape index (κ2) is 19.6. The van der Waals surface area contributed by atoms with E-state index in [1.165, 1.54) is 59.8 Å². The Hall–Kier alpha value is -5.03. The normalized spacial score (nSPS) is 14.5. The highest BCUT2D eigenvalue weighted by Gasteiger charge is 2.30. The van der Waals surface area contributed by atoms with Gasteiger partial charge in [-0.3, -0.25) is 9.69 Å². The van der Waals surface area contributed by atoms with Crippen LogP contribution in [0.15, 0.2) is 103 Å². The van der Waals surface area contributed by atoms with Crippen molar-refractivity contribution in [1.29, 1.82) is 0 Å². The van der Waals surface area contributed by atoms with Gasteiger partial charge in [-0.2, -0.15) is 13.2 Å². The smallest absolute Gasteiger partial charge is 0.416 e. The number of hydrogen-bond acceptors (Lipinski definition) is 6. The van der Waals surface area contributed by atoms with Gasteiger partial charge >= 0.3 is 6.18 Å². The van der Waals surface area contributed by atoms with E-state index in [1.807, 2.05) is 17.9 Å². The molecule has 0 saturated carbocycles. The number of benzene rings is 4. The van der Waals surface area contributed by atoms with Gasteiger partial charge in [0, 0.05) is 51.3 Å². The molecule has 58 heavy (non-hydrogen) atoms. The highest BCUT2D eigenvalue weighted by Crippen LogP contribution is 2.34. The molecule has 5 aromatic rings. The molecule has 0 spiro atoms. The van der Waals surface area contributed by atoms with Crippen LogP contribution in [0.2, 0.25) is 5.02 Å². The largest absolute Gasteiger partial charge is 0.493 e. The van der Waals surface area contributed by atoms with Crippen LogP contribution >= 0.6 is 24.0 Å². The summed E-state index contributed by atoms with van der Waals surface area (Å²) in [7, 11) is 0. The fraction of sp³-hybridized carbons (Fsp3) is 0.304. The van der Waals surface area contributed by atoms with Crippen LogP contribution in [0.3, 0.4) is 0 Å². The Morgan fingerprint density at radius 2 is 1.50 bits per heavy atom. The van der Waals surface area contributed by atoms with Crippen molar-refractivity contribution < 1.29 is 32.2 Å². The number of halogens is 5. The van der Waals surface area contributed by atoms with Gasteiger partial charge in [0.25, 0.3) is 0 Å². The quantitative estimate of drug-likeness (QED) is 0.110. The van der Waals surface area contributed by atoms with Gasteiger partial charge in [-0.25, -0.2) is 4.98 Å². The van der Waals surface area contributed by atoms with E-state index in [1.54, 1.807) is 30.4 Å². The first-order valence-corrected chi connectivity index (χ1v) is 19.7. The molecule has 0 atom stereocenters. The number of rotatable bonds is 13. The molecule has 0 unspecified atom stereocenters. The van der Waals surface area contributed by atoms with Crippen LogP contribution in [0.25, 0.3) is 6.08 Å². The predicted octanol–water partition coefficient (Wildman–Crippen LogP) is 10.7. The minimum absolute atomic E-state index is 0. The van der Waals surface area contributed by atoms with Crippen LogP contribution in [0.4, 0.5) is 13.2 Å². The van der Waals surface area contributed by atoms with Gasteiger partial charge in [-0.1, -0.05) is 54.1 Å². The summed E-state index contributed by atoms with van der Waals surface area (Å²) in [5, 5.41) is 0.367. The number of carbonyl (C=O) groups is 1. The predicted molar refractivity (Wildman–Crippen MR) is 223 cm³/mol. The van der Waals surface area contributed by atoms with Crippen LogP contribution in [0, 0.1) is 6.92 Å². The van der Waals surface area contributed by atoms with E-state index in [0.717, 1.165) is 61.5 Å². The number of pyridine rings is 1. The number of hydrogen-bond donors (Lipinski definition) is 0.